The second-order valence-electron chi connectivity index (χ2n) is 4.21. The quantitative estimate of drug-likeness (QED) is 0.832. The van der Waals surface area contributed by atoms with E-state index >= 15 is 0 Å². The first-order valence-corrected chi connectivity index (χ1v) is 6.06. The van der Waals surface area contributed by atoms with Crippen LogP contribution >= 0.6 is 11.5 Å². The van der Waals surface area contributed by atoms with Crippen LogP contribution in [0.5, 0.6) is 0 Å². The first kappa shape index (κ1) is 9.90. The first-order chi connectivity index (χ1) is 6.74. The van der Waals surface area contributed by atoms with Crippen LogP contribution in [0.2, 0.25) is 0 Å². The van der Waals surface area contributed by atoms with Gasteiger partial charge in [-0.1, -0.05) is 13.3 Å². The molecule has 1 heterocycles. The number of nitrogens with zero attached hydrogens (tertiary/aromatic N) is 2. The van der Waals surface area contributed by atoms with Crippen LogP contribution in [0.4, 0.5) is 5.13 Å². The summed E-state index contributed by atoms with van der Waals surface area (Å²) in [5.41, 5.74) is 0.555. The molecule has 14 heavy (non-hydrogen) atoms. The highest BCUT2D eigenvalue weighted by Gasteiger charge is 2.34. The third-order valence-electron chi connectivity index (χ3n) is 3.31. The minimum atomic E-state index is 0.555. The Kier molecular flexibility index (Phi) is 2.72. The van der Waals surface area contributed by atoms with Gasteiger partial charge in [-0.15, -0.1) is 0 Å². The molecule has 1 fully saturated rings. The average molecular weight is 211 g/mol. The fraction of sp³-hybridized carbons (Fsp3) is 0.800. The molecule has 0 bridgehead atoms. The van der Waals surface area contributed by atoms with E-state index in [1.807, 2.05) is 6.92 Å². The molecule has 1 aromatic rings. The Morgan fingerprint density at radius 2 is 2.29 bits per heavy atom. The molecule has 1 N–H and O–H groups in total. The highest BCUT2D eigenvalue weighted by molar-refractivity contribution is 7.09. The van der Waals surface area contributed by atoms with Gasteiger partial charge >= 0.3 is 0 Å². The van der Waals surface area contributed by atoms with Gasteiger partial charge in [-0.3, -0.25) is 0 Å². The number of hydrogen-bond acceptors (Lipinski definition) is 4. The molecule has 3 nitrogen and oxygen atoms in total. The molecule has 0 atom stereocenters. The van der Waals surface area contributed by atoms with Crippen molar-refractivity contribution in [3.63, 3.8) is 0 Å². The van der Waals surface area contributed by atoms with Gasteiger partial charge in [0.1, 0.15) is 5.82 Å². The molecule has 2 rings (SSSR count). The van der Waals surface area contributed by atoms with E-state index in [9.17, 15) is 0 Å². The smallest absolute Gasteiger partial charge is 0.202 e. The zero-order chi connectivity index (χ0) is 10.0. The van der Waals surface area contributed by atoms with Crippen molar-refractivity contribution in [2.75, 3.05) is 11.9 Å². The summed E-state index contributed by atoms with van der Waals surface area (Å²) in [6.07, 6.45) is 5.41. The topological polar surface area (TPSA) is 37.8 Å². The molecule has 0 unspecified atom stereocenters. The van der Waals surface area contributed by atoms with Crippen LogP contribution in [0.15, 0.2) is 0 Å². The standard InChI is InChI=1S/C10H17N3S/c1-3-10(5-4-6-10)7-11-9-12-8(2)13-14-9/h3-7H2,1-2H3,(H,11,12,13). The van der Waals surface area contributed by atoms with Crippen molar-refractivity contribution in [1.29, 1.82) is 0 Å². The maximum atomic E-state index is 4.30. The van der Waals surface area contributed by atoms with E-state index in [2.05, 4.69) is 21.6 Å². The van der Waals surface area contributed by atoms with E-state index in [4.69, 9.17) is 0 Å². The monoisotopic (exact) mass is 211 g/mol. The summed E-state index contributed by atoms with van der Waals surface area (Å²) in [5, 5.41) is 4.38. The molecular formula is C10H17N3S. The van der Waals surface area contributed by atoms with Crippen molar-refractivity contribution in [3.05, 3.63) is 5.82 Å². The molecule has 1 saturated carbocycles. The minimum absolute atomic E-state index is 0.555. The summed E-state index contributed by atoms with van der Waals surface area (Å²) in [6.45, 7) is 5.28. The molecule has 1 aliphatic rings. The van der Waals surface area contributed by atoms with Crippen molar-refractivity contribution in [3.8, 4) is 0 Å². The third-order valence-corrected chi connectivity index (χ3v) is 4.07. The first-order valence-electron chi connectivity index (χ1n) is 5.28. The normalized spacial score (nSPS) is 19.0. The van der Waals surface area contributed by atoms with Crippen LogP contribution < -0.4 is 5.32 Å². The van der Waals surface area contributed by atoms with E-state index in [0.29, 0.717) is 5.41 Å². The second-order valence-corrected chi connectivity index (χ2v) is 4.96. The molecule has 0 saturated heterocycles. The molecule has 0 spiro atoms. The Balaban J connectivity index is 1.87. The largest absolute Gasteiger partial charge is 0.360 e. The third kappa shape index (κ3) is 1.90. The lowest BCUT2D eigenvalue weighted by molar-refractivity contribution is 0.145. The molecule has 0 aromatic carbocycles. The molecule has 1 aliphatic carbocycles. The number of nitrogens with one attached hydrogen (secondary N) is 1. The molecule has 1 aromatic heterocycles. The van der Waals surface area contributed by atoms with Crippen molar-refractivity contribution in [2.45, 2.75) is 39.5 Å². The van der Waals surface area contributed by atoms with Crippen LogP contribution in [0.1, 0.15) is 38.4 Å². The molecule has 0 amide bonds. The Morgan fingerprint density at radius 3 is 2.71 bits per heavy atom. The van der Waals surface area contributed by atoms with Gasteiger partial charge in [0.05, 0.1) is 0 Å². The van der Waals surface area contributed by atoms with Gasteiger partial charge in [-0.25, -0.2) is 4.98 Å². The fourth-order valence-corrected chi connectivity index (χ4v) is 2.53. The Morgan fingerprint density at radius 1 is 1.50 bits per heavy atom. The van der Waals surface area contributed by atoms with Gasteiger partial charge in [0, 0.05) is 18.1 Å². The molecule has 0 radical (unpaired) electrons. The molecule has 4 heteroatoms. The highest BCUT2D eigenvalue weighted by atomic mass is 32.1. The Labute approximate surface area is 89.1 Å². The number of rotatable bonds is 4. The van der Waals surface area contributed by atoms with Crippen molar-refractivity contribution < 1.29 is 0 Å². The van der Waals surface area contributed by atoms with Crippen molar-refractivity contribution in [2.24, 2.45) is 5.41 Å². The van der Waals surface area contributed by atoms with Gasteiger partial charge in [-0.05, 0) is 31.6 Å². The van der Waals surface area contributed by atoms with E-state index in [1.165, 1.54) is 37.2 Å². The van der Waals surface area contributed by atoms with Gasteiger partial charge < -0.3 is 5.32 Å². The average Bonchev–Trinajstić information content (AvgIpc) is 2.50. The number of aryl methyl sites for hydroxylation is 1. The number of anilines is 1. The summed E-state index contributed by atoms with van der Waals surface area (Å²) >= 11 is 1.46. The SMILES string of the molecule is CCC1(CNc2nc(C)ns2)CCC1. The molecular weight excluding hydrogens is 194 g/mol. The summed E-state index contributed by atoms with van der Waals surface area (Å²) in [7, 11) is 0. The van der Waals surface area contributed by atoms with Crippen molar-refractivity contribution in [1.82, 2.24) is 9.36 Å². The lowest BCUT2D eigenvalue weighted by Gasteiger charge is -2.41. The van der Waals surface area contributed by atoms with E-state index in [1.54, 1.807) is 0 Å². The highest BCUT2D eigenvalue weighted by Crippen LogP contribution is 2.43. The Hall–Kier alpha value is -0.640. The van der Waals surface area contributed by atoms with Crippen LogP contribution in [-0.2, 0) is 0 Å². The summed E-state index contributed by atoms with van der Waals surface area (Å²) in [6, 6.07) is 0. The number of hydrogen-bond donors (Lipinski definition) is 1. The maximum Gasteiger partial charge on any atom is 0.202 e. The van der Waals surface area contributed by atoms with Crippen LogP contribution in [0.25, 0.3) is 0 Å². The lowest BCUT2D eigenvalue weighted by atomic mass is 9.67. The predicted octanol–water partition coefficient (Wildman–Crippen LogP) is 2.84. The minimum Gasteiger partial charge on any atom is -0.360 e. The van der Waals surface area contributed by atoms with Gasteiger partial charge in [0.2, 0.25) is 5.13 Å². The zero-order valence-electron chi connectivity index (χ0n) is 8.84. The van der Waals surface area contributed by atoms with Gasteiger partial charge in [0.25, 0.3) is 0 Å². The summed E-state index contributed by atoms with van der Waals surface area (Å²) in [4.78, 5) is 4.30. The molecule has 78 valence electrons. The van der Waals surface area contributed by atoms with Crippen LogP contribution in [0, 0.1) is 12.3 Å². The van der Waals surface area contributed by atoms with Crippen LogP contribution in [-0.4, -0.2) is 15.9 Å². The lowest BCUT2D eigenvalue weighted by Crippen LogP contribution is -2.35. The van der Waals surface area contributed by atoms with Crippen LogP contribution in [0.3, 0.4) is 0 Å². The summed E-state index contributed by atoms with van der Waals surface area (Å²) < 4.78 is 4.16. The summed E-state index contributed by atoms with van der Waals surface area (Å²) in [5.74, 6) is 0.872. The van der Waals surface area contributed by atoms with E-state index in [0.717, 1.165) is 17.5 Å². The molecule has 0 aliphatic heterocycles. The van der Waals surface area contributed by atoms with E-state index < -0.39 is 0 Å². The van der Waals surface area contributed by atoms with E-state index in [-0.39, 0.29) is 0 Å². The Bertz CT molecular complexity index is 299. The predicted molar refractivity (Wildman–Crippen MR) is 59.7 cm³/mol. The fourth-order valence-electron chi connectivity index (χ4n) is 1.96. The second kappa shape index (κ2) is 3.85. The van der Waals surface area contributed by atoms with Crippen molar-refractivity contribution >= 4 is 16.7 Å². The maximum absolute atomic E-state index is 4.30. The van der Waals surface area contributed by atoms with Gasteiger partial charge in [-0.2, -0.15) is 4.37 Å². The zero-order valence-corrected chi connectivity index (χ0v) is 9.65. The number of aromatic nitrogens is 2. The van der Waals surface area contributed by atoms with Gasteiger partial charge in [0.15, 0.2) is 0 Å².